The molecule has 1 atom stereocenters. The smallest absolute Gasteiger partial charge is 0.256 e. The first kappa shape index (κ1) is 17.3. The number of carbonyl (C=O) groups excluding carboxylic acids is 1. The van der Waals surface area contributed by atoms with Crippen LogP contribution >= 0.6 is 0 Å². The lowest BCUT2D eigenvalue weighted by Crippen LogP contribution is -2.49. The molecule has 2 aliphatic heterocycles. The second-order valence-electron chi connectivity index (χ2n) is 6.32. The van der Waals surface area contributed by atoms with E-state index >= 15 is 0 Å². The molecule has 0 N–H and O–H groups in total. The molecular weight excluding hydrogens is 311 g/mol. The van der Waals surface area contributed by atoms with Crippen LogP contribution in [0.4, 0.5) is 4.39 Å². The van der Waals surface area contributed by atoms with Gasteiger partial charge in [0, 0.05) is 39.3 Å². The van der Waals surface area contributed by atoms with Gasteiger partial charge in [0.05, 0.1) is 24.9 Å². The summed E-state index contributed by atoms with van der Waals surface area (Å²) in [6.45, 7) is 5.90. The molecule has 0 saturated carbocycles. The number of amides is 1. The highest BCUT2D eigenvalue weighted by molar-refractivity contribution is 5.94. The molecule has 2 aliphatic rings. The molecular formula is C18H25FN2O3. The van der Waals surface area contributed by atoms with Gasteiger partial charge < -0.3 is 14.4 Å². The molecule has 5 nitrogen and oxygen atoms in total. The van der Waals surface area contributed by atoms with Gasteiger partial charge in [-0.05, 0) is 25.0 Å². The van der Waals surface area contributed by atoms with E-state index in [4.69, 9.17) is 9.47 Å². The van der Waals surface area contributed by atoms with E-state index < -0.39 is 5.82 Å². The fourth-order valence-electron chi connectivity index (χ4n) is 3.16. The maximum Gasteiger partial charge on any atom is 0.256 e. The predicted octanol–water partition coefficient (Wildman–Crippen LogP) is 1.78. The van der Waals surface area contributed by atoms with Crippen LogP contribution in [0.5, 0.6) is 0 Å². The highest BCUT2D eigenvalue weighted by Gasteiger charge is 2.23. The number of halogens is 1. The van der Waals surface area contributed by atoms with E-state index in [9.17, 15) is 9.18 Å². The van der Waals surface area contributed by atoms with Gasteiger partial charge in [0.25, 0.3) is 5.91 Å². The molecule has 1 unspecified atom stereocenters. The minimum Gasteiger partial charge on any atom is -0.377 e. The fraction of sp³-hybridized carbons (Fsp3) is 0.611. The summed E-state index contributed by atoms with van der Waals surface area (Å²) < 4.78 is 24.9. The normalized spacial score (nSPS) is 22.0. The minimum absolute atomic E-state index is 0.158. The summed E-state index contributed by atoms with van der Waals surface area (Å²) in [7, 11) is 0. The predicted molar refractivity (Wildman–Crippen MR) is 88.5 cm³/mol. The summed E-state index contributed by atoms with van der Waals surface area (Å²) in [6.07, 6.45) is 2.49. The number of hydrogen-bond donors (Lipinski definition) is 0. The number of benzene rings is 1. The zero-order chi connectivity index (χ0) is 16.8. The van der Waals surface area contributed by atoms with Crippen molar-refractivity contribution in [1.82, 2.24) is 9.80 Å². The molecule has 0 aromatic heterocycles. The maximum atomic E-state index is 13.7. The lowest BCUT2D eigenvalue weighted by molar-refractivity contribution is 0.00655. The first-order valence-electron chi connectivity index (χ1n) is 8.69. The van der Waals surface area contributed by atoms with Gasteiger partial charge in [-0.25, -0.2) is 4.39 Å². The zero-order valence-corrected chi connectivity index (χ0v) is 14.0. The molecule has 0 aliphatic carbocycles. The van der Waals surface area contributed by atoms with E-state index in [2.05, 4.69) is 4.90 Å². The number of rotatable bonds is 6. The molecule has 1 aromatic carbocycles. The van der Waals surface area contributed by atoms with Crippen LogP contribution < -0.4 is 0 Å². The van der Waals surface area contributed by atoms with E-state index in [0.717, 1.165) is 39.1 Å². The Morgan fingerprint density at radius 3 is 2.75 bits per heavy atom. The number of nitrogens with zero attached hydrogens (tertiary/aromatic N) is 2. The largest absolute Gasteiger partial charge is 0.377 e. The van der Waals surface area contributed by atoms with Crippen LogP contribution in [-0.4, -0.2) is 74.4 Å². The van der Waals surface area contributed by atoms with Crippen molar-refractivity contribution in [2.24, 2.45) is 0 Å². The monoisotopic (exact) mass is 336 g/mol. The minimum atomic E-state index is -0.451. The topological polar surface area (TPSA) is 42.0 Å². The average Bonchev–Trinajstić information content (AvgIpc) is 3.13. The average molecular weight is 336 g/mol. The van der Waals surface area contributed by atoms with Crippen molar-refractivity contribution >= 4 is 5.91 Å². The van der Waals surface area contributed by atoms with E-state index in [1.54, 1.807) is 23.1 Å². The van der Waals surface area contributed by atoms with Crippen molar-refractivity contribution in [3.8, 4) is 0 Å². The van der Waals surface area contributed by atoms with Crippen LogP contribution in [0.25, 0.3) is 0 Å². The SMILES string of the molecule is O=C(c1ccccc1F)N1CCN(CCOCC2CCCO2)CC1. The Balaban J connectivity index is 1.36. The van der Waals surface area contributed by atoms with E-state index in [-0.39, 0.29) is 17.6 Å². The summed E-state index contributed by atoms with van der Waals surface area (Å²) >= 11 is 0. The van der Waals surface area contributed by atoms with Gasteiger partial charge in [-0.15, -0.1) is 0 Å². The van der Waals surface area contributed by atoms with Crippen molar-refractivity contribution in [2.75, 3.05) is 52.5 Å². The maximum absolute atomic E-state index is 13.7. The Morgan fingerprint density at radius 2 is 2.04 bits per heavy atom. The van der Waals surface area contributed by atoms with Gasteiger partial charge >= 0.3 is 0 Å². The van der Waals surface area contributed by atoms with Gasteiger partial charge in [0.15, 0.2) is 0 Å². The lowest BCUT2D eigenvalue weighted by atomic mass is 10.1. The van der Waals surface area contributed by atoms with Crippen molar-refractivity contribution in [3.63, 3.8) is 0 Å². The number of carbonyl (C=O) groups is 1. The van der Waals surface area contributed by atoms with Crippen molar-refractivity contribution < 1.29 is 18.7 Å². The molecule has 2 fully saturated rings. The Labute approximate surface area is 142 Å². The van der Waals surface area contributed by atoms with Gasteiger partial charge in [-0.1, -0.05) is 12.1 Å². The summed E-state index contributed by atoms with van der Waals surface area (Å²) in [5.74, 6) is -0.671. The summed E-state index contributed by atoms with van der Waals surface area (Å²) in [5, 5.41) is 0. The molecule has 0 radical (unpaired) electrons. The van der Waals surface area contributed by atoms with Gasteiger partial charge in [-0.2, -0.15) is 0 Å². The second-order valence-corrected chi connectivity index (χ2v) is 6.32. The number of ether oxygens (including phenoxy) is 2. The Morgan fingerprint density at radius 1 is 1.25 bits per heavy atom. The fourth-order valence-corrected chi connectivity index (χ4v) is 3.16. The first-order chi connectivity index (χ1) is 11.7. The van der Waals surface area contributed by atoms with Gasteiger partial charge in [-0.3, -0.25) is 9.69 Å². The molecule has 2 heterocycles. The summed E-state index contributed by atoms with van der Waals surface area (Å²) in [4.78, 5) is 16.4. The summed E-state index contributed by atoms with van der Waals surface area (Å²) in [5.41, 5.74) is 0.158. The molecule has 1 amide bonds. The highest BCUT2D eigenvalue weighted by atomic mass is 19.1. The molecule has 2 saturated heterocycles. The third kappa shape index (κ3) is 4.53. The molecule has 1 aromatic rings. The van der Waals surface area contributed by atoms with Crippen molar-refractivity contribution in [3.05, 3.63) is 35.6 Å². The number of piperazine rings is 1. The lowest BCUT2D eigenvalue weighted by Gasteiger charge is -2.34. The Bertz CT molecular complexity index is 541. The van der Waals surface area contributed by atoms with Gasteiger partial charge in [0.2, 0.25) is 0 Å². The molecule has 3 rings (SSSR count). The molecule has 132 valence electrons. The highest BCUT2D eigenvalue weighted by Crippen LogP contribution is 2.13. The molecule has 0 bridgehead atoms. The first-order valence-corrected chi connectivity index (χ1v) is 8.69. The molecule has 24 heavy (non-hydrogen) atoms. The second kappa shape index (κ2) is 8.55. The van der Waals surface area contributed by atoms with E-state index in [1.807, 2.05) is 0 Å². The van der Waals surface area contributed by atoms with Crippen molar-refractivity contribution in [1.29, 1.82) is 0 Å². The van der Waals surface area contributed by atoms with Crippen LogP contribution in [0, 0.1) is 5.82 Å². The van der Waals surface area contributed by atoms with Crippen LogP contribution in [-0.2, 0) is 9.47 Å². The van der Waals surface area contributed by atoms with E-state index in [0.29, 0.717) is 26.3 Å². The standard InChI is InChI=1S/C18H25FN2O3/c19-17-6-2-1-5-16(17)18(22)21-9-7-20(8-10-21)11-13-23-14-15-4-3-12-24-15/h1-2,5-6,15H,3-4,7-14H2. The Kier molecular flexibility index (Phi) is 6.18. The van der Waals surface area contributed by atoms with E-state index in [1.165, 1.54) is 6.07 Å². The third-order valence-electron chi connectivity index (χ3n) is 4.64. The quantitative estimate of drug-likeness (QED) is 0.743. The number of hydrogen-bond acceptors (Lipinski definition) is 4. The van der Waals surface area contributed by atoms with Crippen LogP contribution in [0.1, 0.15) is 23.2 Å². The van der Waals surface area contributed by atoms with Crippen LogP contribution in [0.3, 0.4) is 0 Å². The van der Waals surface area contributed by atoms with Crippen LogP contribution in [0.2, 0.25) is 0 Å². The molecule has 0 spiro atoms. The van der Waals surface area contributed by atoms with Crippen molar-refractivity contribution in [2.45, 2.75) is 18.9 Å². The van der Waals surface area contributed by atoms with Crippen LogP contribution in [0.15, 0.2) is 24.3 Å². The van der Waals surface area contributed by atoms with Gasteiger partial charge in [0.1, 0.15) is 5.82 Å². The third-order valence-corrected chi connectivity index (χ3v) is 4.64. The zero-order valence-electron chi connectivity index (χ0n) is 14.0. The molecule has 6 heteroatoms. The Hall–Kier alpha value is -1.50. The summed E-state index contributed by atoms with van der Waals surface area (Å²) in [6, 6.07) is 6.16.